The van der Waals surface area contributed by atoms with Gasteiger partial charge in [-0.1, -0.05) is 60.7 Å². The third kappa shape index (κ3) is 2.37. The zero-order valence-corrected chi connectivity index (χ0v) is 15.2. The van der Waals surface area contributed by atoms with Crippen LogP contribution >= 0.6 is 23.5 Å². The molecule has 0 unspecified atom stereocenters. The second-order valence-corrected chi connectivity index (χ2v) is 8.13. The summed E-state index contributed by atoms with van der Waals surface area (Å²) in [5.41, 5.74) is 1.26. The van der Waals surface area contributed by atoms with E-state index in [1.54, 1.807) is 0 Å². The number of thioether (sulfide) groups is 2. The van der Waals surface area contributed by atoms with Crippen LogP contribution in [0.3, 0.4) is 0 Å². The number of carbonyl (C=O) groups is 2. The Morgan fingerprint density at radius 2 is 0.923 bits per heavy atom. The molecule has 1 aliphatic rings. The maximum atomic E-state index is 13.1. The molecule has 0 bridgehead atoms. The molecule has 0 amide bonds. The van der Waals surface area contributed by atoms with Crippen LogP contribution in [-0.4, -0.2) is 10.2 Å². The SMILES string of the molecule is O=C1Sc2ccc3ccccc3c2C(=O)Sc2ccc3ccccc3c21. The lowest BCUT2D eigenvalue weighted by molar-refractivity contribution is 0.108. The molecular weight excluding hydrogens is 360 g/mol. The first-order valence-electron chi connectivity index (χ1n) is 8.20. The molecule has 0 spiro atoms. The molecule has 0 fully saturated rings. The predicted octanol–water partition coefficient (Wildman–Crippen LogP) is 6.17. The molecule has 4 heteroatoms. The Kier molecular flexibility index (Phi) is 3.62. The third-order valence-corrected chi connectivity index (χ3v) is 6.49. The van der Waals surface area contributed by atoms with Gasteiger partial charge in [-0.05, 0) is 57.2 Å². The topological polar surface area (TPSA) is 34.1 Å². The number of hydrogen-bond acceptors (Lipinski definition) is 4. The van der Waals surface area contributed by atoms with Crippen LogP contribution in [0, 0.1) is 0 Å². The summed E-state index contributed by atoms with van der Waals surface area (Å²) in [4.78, 5) is 27.7. The van der Waals surface area contributed by atoms with Crippen molar-refractivity contribution in [3.63, 3.8) is 0 Å². The zero-order valence-electron chi connectivity index (χ0n) is 13.6. The van der Waals surface area contributed by atoms with Gasteiger partial charge in [0.25, 0.3) is 0 Å². The largest absolute Gasteiger partial charge is 0.281 e. The van der Waals surface area contributed by atoms with Gasteiger partial charge in [-0.25, -0.2) is 0 Å². The molecule has 0 radical (unpaired) electrons. The van der Waals surface area contributed by atoms with Gasteiger partial charge in [0.05, 0.1) is 11.1 Å². The summed E-state index contributed by atoms with van der Waals surface area (Å²) in [6, 6.07) is 23.3. The van der Waals surface area contributed by atoms with Gasteiger partial charge in [0, 0.05) is 9.79 Å². The summed E-state index contributed by atoms with van der Waals surface area (Å²) in [5.74, 6) is 0. The zero-order chi connectivity index (χ0) is 17.7. The number of benzene rings is 4. The molecule has 0 saturated heterocycles. The van der Waals surface area contributed by atoms with E-state index < -0.39 is 0 Å². The fourth-order valence-corrected chi connectivity index (χ4v) is 5.45. The van der Waals surface area contributed by atoms with Gasteiger partial charge in [0.2, 0.25) is 10.2 Å². The first-order valence-corrected chi connectivity index (χ1v) is 9.83. The normalized spacial score (nSPS) is 14.0. The van der Waals surface area contributed by atoms with Gasteiger partial charge in [0.1, 0.15) is 0 Å². The number of carbonyl (C=O) groups excluding carboxylic acids is 2. The van der Waals surface area contributed by atoms with Gasteiger partial charge >= 0.3 is 0 Å². The lowest BCUT2D eigenvalue weighted by Crippen LogP contribution is -2.07. The first-order chi connectivity index (χ1) is 12.7. The smallest absolute Gasteiger partial charge is 0.225 e. The highest BCUT2D eigenvalue weighted by molar-refractivity contribution is 8.16. The monoisotopic (exact) mass is 372 g/mol. The molecule has 2 nitrogen and oxygen atoms in total. The van der Waals surface area contributed by atoms with E-state index in [9.17, 15) is 9.59 Å². The van der Waals surface area contributed by atoms with E-state index in [0.717, 1.165) is 54.9 Å². The van der Waals surface area contributed by atoms with Crippen LogP contribution in [0.2, 0.25) is 0 Å². The van der Waals surface area contributed by atoms with Crippen molar-refractivity contribution in [1.29, 1.82) is 0 Å². The molecular formula is C22H12O2S2. The highest BCUT2D eigenvalue weighted by atomic mass is 32.2. The molecule has 26 heavy (non-hydrogen) atoms. The molecule has 0 N–H and O–H groups in total. The maximum absolute atomic E-state index is 13.1. The molecule has 5 rings (SSSR count). The first kappa shape index (κ1) is 15.7. The second-order valence-electron chi connectivity index (χ2n) is 6.10. The van der Waals surface area contributed by atoms with E-state index in [1.165, 1.54) is 0 Å². The van der Waals surface area contributed by atoms with Crippen molar-refractivity contribution in [1.82, 2.24) is 0 Å². The van der Waals surface area contributed by atoms with Crippen molar-refractivity contribution < 1.29 is 9.59 Å². The summed E-state index contributed by atoms with van der Waals surface area (Å²) in [5, 5.41) is 3.76. The van der Waals surface area contributed by atoms with E-state index in [2.05, 4.69) is 0 Å². The minimum absolute atomic E-state index is 0.0201. The summed E-state index contributed by atoms with van der Waals surface area (Å²) in [6.07, 6.45) is 0. The predicted molar refractivity (Wildman–Crippen MR) is 108 cm³/mol. The highest BCUT2D eigenvalue weighted by Gasteiger charge is 2.27. The highest BCUT2D eigenvalue weighted by Crippen LogP contribution is 2.42. The summed E-state index contributed by atoms with van der Waals surface area (Å²) in [6.45, 7) is 0. The van der Waals surface area contributed by atoms with E-state index in [0.29, 0.717) is 11.1 Å². The minimum Gasteiger partial charge on any atom is -0.281 e. The number of hydrogen-bond donors (Lipinski definition) is 0. The van der Waals surface area contributed by atoms with Crippen molar-refractivity contribution in [3.05, 3.63) is 83.9 Å². The fraction of sp³-hybridized carbons (Fsp3) is 0. The van der Waals surface area contributed by atoms with Crippen LogP contribution in [0.4, 0.5) is 0 Å². The van der Waals surface area contributed by atoms with Gasteiger partial charge in [-0.2, -0.15) is 0 Å². The fourth-order valence-electron chi connectivity index (χ4n) is 3.40. The molecule has 4 aromatic rings. The molecule has 0 aromatic heterocycles. The summed E-state index contributed by atoms with van der Waals surface area (Å²) in [7, 11) is 0. The van der Waals surface area contributed by atoms with Crippen LogP contribution in [0.1, 0.15) is 20.7 Å². The molecule has 124 valence electrons. The minimum atomic E-state index is -0.0201. The van der Waals surface area contributed by atoms with Crippen molar-refractivity contribution >= 4 is 55.3 Å². The van der Waals surface area contributed by atoms with E-state index >= 15 is 0 Å². The van der Waals surface area contributed by atoms with Gasteiger partial charge in [0.15, 0.2) is 0 Å². The quantitative estimate of drug-likeness (QED) is 0.369. The van der Waals surface area contributed by atoms with Gasteiger partial charge in [-0.15, -0.1) is 0 Å². The third-order valence-electron chi connectivity index (χ3n) is 4.60. The van der Waals surface area contributed by atoms with Crippen molar-refractivity contribution in [2.75, 3.05) is 0 Å². The van der Waals surface area contributed by atoms with Crippen LogP contribution in [0.25, 0.3) is 21.5 Å². The maximum Gasteiger partial charge on any atom is 0.225 e. The lowest BCUT2D eigenvalue weighted by atomic mass is 10.0. The van der Waals surface area contributed by atoms with Crippen molar-refractivity contribution in [2.24, 2.45) is 0 Å². The Morgan fingerprint density at radius 1 is 0.500 bits per heavy atom. The molecule has 0 saturated carbocycles. The Labute approximate surface area is 158 Å². The number of fused-ring (bicyclic) bond motifs is 6. The van der Waals surface area contributed by atoms with Crippen molar-refractivity contribution in [3.8, 4) is 0 Å². The Bertz CT molecular complexity index is 1130. The average Bonchev–Trinajstić information content (AvgIpc) is 2.66. The number of rotatable bonds is 0. The van der Waals surface area contributed by atoms with E-state index in [-0.39, 0.29) is 10.2 Å². The van der Waals surface area contributed by atoms with E-state index in [1.807, 2.05) is 72.8 Å². The molecule has 4 aromatic carbocycles. The second kappa shape index (κ2) is 6.01. The molecule has 0 aliphatic carbocycles. The van der Waals surface area contributed by atoms with Crippen LogP contribution in [0.5, 0.6) is 0 Å². The average molecular weight is 372 g/mol. The standard InChI is InChI=1S/C22H12O2S2/c23-21-19-15-7-3-1-5-13(15)9-11-17(19)25-22(24)20-16-8-4-2-6-14(16)10-12-18(20)26-21/h1-12H. The molecule has 1 aliphatic heterocycles. The lowest BCUT2D eigenvalue weighted by Gasteiger charge is -2.17. The van der Waals surface area contributed by atoms with Crippen LogP contribution in [-0.2, 0) is 0 Å². The summed E-state index contributed by atoms with van der Waals surface area (Å²) < 4.78 is 0. The van der Waals surface area contributed by atoms with Gasteiger partial charge in [-0.3, -0.25) is 9.59 Å². The summed E-state index contributed by atoms with van der Waals surface area (Å²) >= 11 is 2.30. The van der Waals surface area contributed by atoms with Crippen LogP contribution in [0.15, 0.2) is 82.6 Å². The van der Waals surface area contributed by atoms with Gasteiger partial charge < -0.3 is 0 Å². The van der Waals surface area contributed by atoms with Crippen molar-refractivity contribution in [2.45, 2.75) is 9.79 Å². The molecule has 1 heterocycles. The van der Waals surface area contributed by atoms with Crippen LogP contribution < -0.4 is 0 Å². The Balaban J connectivity index is 1.77. The Hall–Kier alpha value is -2.56. The molecule has 0 atom stereocenters. The Morgan fingerprint density at radius 3 is 1.38 bits per heavy atom. The van der Waals surface area contributed by atoms with E-state index in [4.69, 9.17) is 0 Å².